The monoisotopic (exact) mass is 462 g/mol. The Morgan fingerprint density at radius 3 is 2.50 bits per heavy atom. The van der Waals surface area contributed by atoms with Gasteiger partial charge in [0, 0.05) is 17.4 Å². The molecule has 0 unspecified atom stereocenters. The van der Waals surface area contributed by atoms with Crippen molar-refractivity contribution < 1.29 is 18.7 Å². The smallest absolute Gasteiger partial charge is 0.344 e. The normalized spacial score (nSPS) is 11.4. The molecular formula is C29H34O5. The third-order valence-corrected chi connectivity index (χ3v) is 5.74. The average Bonchev–Trinajstić information content (AvgIpc) is 2.79. The van der Waals surface area contributed by atoms with Gasteiger partial charge in [-0.1, -0.05) is 62.7 Å². The van der Waals surface area contributed by atoms with Crippen LogP contribution >= 0.6 is 0 Å². The number of unbranched alkanes of at least 4 members (excludes halogenated alkanes) is 2. The van der Waals surface area contributed by atoms with Gasteiger partial charge in [0.1, 0.15) is 5.60 Å². The molecule has 5 nitrogen and oxygen atoms in total. The number of fused-ring (bicyclic) bond motifs is 1. The van der Waals surface area contributed by atoms with Crippen molar-refractivity contribution in [2.45, 2.75) is 65.4 Å². The molecule has 5 heteroatoms. The third-order valence-electron chi connectivity index (χ3n) is 5.74. The van der Waals surface area contributed by atoms with Gasteiger partial charge < -0.3 is 13.9 Å². The van der Waals surface area contributed by atoms with E-state index in [1.807, 2.05) is 44.2 Å². The van der Waals surface area contributed by atoms with E-state index in [-0.39, 0.29) is 0 Å². The molecule has 0 atom stereocenters. The standard InChI is InChI=1S/C29H34O5/c1-6-7-8-10-21-13-15-22(16-14-21)24-19-23-11-9-12-25(26(23)33-28(24)31)32-18-17-29(4,5)34-27(30)20(2)3/h9,11-16,19H,2,6-8,10,17-18H2,1,3-5H3. The van der Waals surface area contributed by atoms with Gasteiger partial charge in [0.05, 0.1) is 12.2 Å². The van der Waals surface area contributed by atoms with Gasteiger partial charge in [-0.25, -0.2) is 9.59 Å². The van der Waals surface area contributed by atoms with Gasteiger partial charge in [0.15, 0.2) is 11.3 Å². The van der Waals surface area contributed by atoms with E-state index in [9.17, 15) is 9.59 Å². The number of ether oxygens (including phenoxy) is 2. The van der Waals surface area contributed by atoms with E-state index < -0.39 is 17.2 Å². The lowest BCUT2D eigenvalue weighted by molar-refractivity contribution is -0.152. The number of carbonyl (C=O) groups excluding carboxylic acids is 1. The van der Waals surface area contributed by atoms with Gasteiger partial charge in [-0.05, 0) is 56.9 Å². The third kappa shape index (κ3) is 6.60. The molecule has 0 N–H and O–H groups in total. The van der Waals surface area contributed by atoms with Crippen molar-refractivity contribution >= 4 is 16.9 Å². The lowest BCUT2D eigenvalue weighted by atomic mass is 10.0. The maximum Gasteiger partial charge on any atom is 0.344 e. The van der Waals surface area contributed by atoms with Crippen LogP contribution in [0.3, 0.4) is 0 Å². The molecule has 3 aromatic rings. The minimum Gasteiger partial charge on any atom is -0.489 e. The molecule has 3 rings (SSSR count). The molecule has 0 radical (unpaired) electrons. The molecule has 0 amide bonds. The summed E-state index contributed by atoms with van der Waals surface area (Å²) in [6, 6.07) is 15.5. The number of esters is 1. The van der Waals surface area contributed by atoms with Gasteiger partial charge in [0.25, 0.3) is 0 Å². The summed E-state index contributed by atoms with van der Waals surface area (Å²) in [5, 5.41) is 0.784. The van der Waals surface area contributed by atoms with E-state index in [4.69, 9.17) is 13.9 Å². The SMILES string of the molecule is C=C(C)C(=O)OC(C)(C)CCOc1cccc2cc(-c3ccc(CCCCC)cc3)c(=O)oc12. The summed E-state index contributed by atoms with van der Waals surface area (Å²) < 4.78 is 17.1. The van der Waals surface area contributed by atoms with E-state index in [1.165, 1.54) is 24.8 Å². The van der Waals surface area contributed by atoms with Crippen LogP contribution in [-0.4, -0.2) is 18.2 Å². The Kier molecular flexibility index (Phi) is 8.32. The second kappa shape index (κ2) is 11.2. The summed E-state index contributed by atoms with van der Waals surface area (Å²) in [6.45, 7) is 11.4. The first kappa shape index (κ1) is 25.3. The molecule has 2 aromatic carbocycles. The first-order chi connectivity index (χ1) is 16.2. The largest absolute Gasteiger partial charge is 0.489 e. The Bertz CT molecular complexity index is 1200. The Hall–Kier alpha value is -3.34. The number of hydrogen-bond donors (Lipinski definition) is 0. The maximum atomic E-state index is 12.8. The van der Waals surface area contributed by atoms with Gasteiger partial charge in [-0.2, -0.15) is 0 Å². The van der Waals surface area contributed by atoms with Crippen molar-refractivity contribution in [1.82, 2.24) is 0 Å². The fraction of sp³-hybridized carbons (Fsp3) is 0.379. The molecule has 0 bridgehead atoms. The number of rotatable bonds is 11. The predicted octanol–water partition coefficient (Wildman–Crippen LogP) is 6.86. The van der Waals surface area contributed by atoms with Crippen molar-refractivity contribution in [1.29, 1.82) is 0 Å². The van der Waals surface area contributed by atoms with Crippen LogP contribution in [0.5, 0.6) is 5.75 Å². The van der Waals surface area contributed by atoms with Crippen molar-refractivity contribution in [2.75, 3.05) is 6.61 Å². The number of aryl methyl sites for hydroxylation is 1. The van der Waals surface area contributed by atoms with Crippen molar-refractivity contribution in [3.63, 3.8) is 0 Å². The second-order valence-corrected chi connectivity index (χ2v) is 9.30. The molecule has 0 aliphatic heterocycles. The highest BCUT2D eigenvalue weighted by molar-refractivity contribution is 5.87. The Balaban J connectivity index is 1.74. The van der Waals surface area contributed by atoms with E-state index in [2.05, 4.69) is 25.6 Å². The molecule has 0 aliphatic carbocycles. The molecule has 0 spiro atoms. The number of hydrogen-bond acceptors (Lipinski definition) is 5. The minimum atomic E-state index is -0.711. The van der Waals surface area contributed by atoms with Crippen LogP contribution < -0.4 is 10.4 Å². The number of benzene rings is 2. The van der Waals surface area contributed by atoms with Crippen LogP contribution in [0, 0.1) is 0 Å². The first-order valence-electron chi connectivity index (χ1n) is 11.9. The van der Waals surface area contributed by atoms with Crippen LogP contribution in [-0.2, 0) is 16.0 Å². The van der Waals surface area contributed by atoms with Crippen LogP contribution in [0.15, 0.2) is 69.9 Å². The van der Waals surface area contributed by atoms with Gasteiger partial charge in [-0.3, -0.25) is 0 Å². The lowest BCUT2D eigenvalue weighted by Crippen LogP contribution is -2.30. The summed E-state index contributed by atoms with van der Waals surface area (Å²) in [6.07, 6.45) is 5.10. The first-order valence-corrected chi connectivity index (χ1v) is 11.9. The Morgan fingerprint density at radius 2 is 1.82 bits per heavy atom. The fourth-order valence-electron chi connectivity index (χ4n) is 3.66. The van der Waals surface area contributed by atoms with Crippen molar-refractivity contribution in [3.05, 3.63) is 76.7 Å². The molecule has 1 aromatic heterocycles. The Labute approximate surface area is 201 Å². The molecule has 0 aliphatic rings. The summed E-state index contributed by atoms with van der Waals surface area (Å²) in [5.41, 5.74) is 2.28. The highest BCUT2D eigenvalue weighted by Gasteiger charge is 2.23. The zero-order valence-corrected chi connectivity index (χ0v) is 20.6. The second-order valence-electron chi connectivity index (χ2n) is 9.30. The molecule has 0 fully saturated rings. The van der Waals surface area contributed by atoms with Crippen LogP contribution in [0.1, 0.15) is 58.9 Å². The minimum absolute atomic E-state index is 0.292. The molecule has 180 valence electrons. The zero-order valence-electron chi connectivity index (χ0n) is 20.6. The van der Waals surface area contributed by atoms with Crippen molar-refractivity contribution in [3.8, 4) is 16.9 Å². The zero-order chi connectivity index (χ0) is 24.7. The van der Waals surface area contributed by atoms with Gasteiger partial charge >= 0.3 is 11.6 Å². The van der Waals surface area contributed by atoms with E-state index >= 15 is 0 Å². The van der Waals surface area contributed by atoms with E-state index in [0.29, 0.717) is 35.5 Å². The number of para-hydroxylation sites is 1. The van der Waals surface area contributed by atoms with E-state index in [0.717, 1.165) is 17.4 Å². The Morgan fingerprint density at radius 1 is 1.09 bits per heavy atom. The molecule has 1 heterocycles. The van der Waals surface area contributed by atoms with Crippen LogP contribution in [0.2, 0.25) is 0 Å². The molecule has 0 saturated heterocycles. The molecule has 34 heavy (non-hydrogen) atoms. The quantitative estimate of drug-likeness (QED) is 0.135. The average molecular weight is 463 g/mol. The molecular weight excluding hydrogens is 428 g/mol. The fourth-order valence-corrected chi connectivity index (χ4v) is 3.66. The highest BCUT2D eigenvalue weighted by atomic mass is 16.6. The van der Waals surface area contributed by atoms with Crippen LogP contribution in [0.4, 0.5) is 0 Å². The highest BCUT2D eigenvalue weighted by Crippen LogP contribution is 2.29. The summed E-state index contributed by atoms with van der Waals surface area (Å²) >= 11 is 0. The van der Waals surface area contributed by atoms with E-state index in [1.54, 1.807) is 13.0 Å². The molecule has 0 saturated carbocycles. The lowest BCUT2D eigenvalue weighted by Gasteiger charge is -2.25. The van der Waals surface area contributed by atoms with Crippen molar-refractivity contribution in [2.24, 2.45) is 0 Å². The number of carbonyl (C=O) groups is 1. The van der Waals surface area contributed by atoms with Gasteiger partial charge in [0.2, 0.25) is 0 Å². The van der Waals surface area contributed by atoms with Gasteiger partial charge in [-0.15, -0.1) is 0 Å². The summed E-state index contributed by atoms with van der Waals surface area (Å²) in [4.78, 5) is 24.6. The summed E-state index contributed by atoms with van der Waals surface area (Å²) in [7, 11) is 0. The summed E-state index contributed by atoms with van der Waals surface area (Å²) in [5.74, 6) is 0.0529. The predicted molar refractivity (Wildman–Crippen MR) is 136 cm³/mol. The maximum absolute atomic E-state index is 12.8. The van der Waals surface area contributed by atoms with Crippen LogP contribution in [0.25, 0.3) is 22.1 Å². The topological polar surface area (TPSA) is 65.7 Å².